The van der Waals surface area contributed by atoms with Crippen LogP contribution in [0.25, 0.3) is 11.4 Å². The normalized spacial score (nSPS) is 13.9. The zero-order valence-electron chi connectivity index (χ0n) is 18.1. The molecule has 0 saturated carbocycles. The highest BCUT2D eigenvalue weighted by Crippen LogP contribution is 2.33. The monoisotopic (exact) mass is 444 g/mol. The second kappa shape index (κ2) is 8.67. The Morgan fingerprint density at radius 3 is 2.66 bits per heavy atom. The molecule has 1 aliphatic heterocycles. The third-order valence-electron chi connectivity index (χ3n) is 5.78. The highest BCUT2D eigenvalue weighted by Gasteiger charge is 2.30. The number of amides is 1. The minimum atomic E-state index is -0.293. The van der Waals surface area contributed by atoms with Gasteiger partial charge in [0.1, 0.15) is 5.76 Å². The van der Waals surface area contributed by atoms with E-state index >= 15 is 0 Å². The summed E-state index contributed by atoms with van der Waals surface area (Å²) < 4.78 is 7.57. The fraction of sp³-hybridized carbons (Fsp3) is 0.240. The van der Waals surface area contributed by atoms with Gasteiger partial charge in [-0.2, -0.15) is 0 Å². The lowest BCUT2D eigenvalue weighted by Gasteiger charge is -2.21. The maximum absolute atomic E-state index is 13.3. The molecule has 0 N–H and O–H groups in total. The van der Waals surface area contributed by atoms with E-state index in [4.69, 9.17) is 4.42 Å². The fourth-order valence-electron chi connectivity index (χ4n) is 4.10. The number of furan rings is 1. The standard InChI is InChI=1S/C25H24N4O2S/c1-17-21(13-15-31-17)23-26-27-25(29(23)16-19-8-4-3-5-9-19)32-18(2)24(30)28-14-12-20-10-6-7-11-22(20)28/h3-11,13,15,18H,12,14,16H2,1-2H3. The first-order chi connectivity index (χ1) is 15.6. The van der Waals surface area contributed by atoms with Crippen molar-refractivity contribution in [3.8, 4) is 11.4 Å². The third-order valence-corrected chi connectivity index (χ3v) is 6.85. The van der Waals surface area contributed by atoms with E-state index in [-0.39, 0.29) is 11.2 Å². The Hall–Kier alpha value is -3.32. The lowest BCUT2D eigenvalue weighted by molar-refractivity contribution is -0.117. The van der Waals surface area contributed by atoms with E-state index in [0.717, 1.165) is 46.5 Å². The van der Waals surface area contributed by atoms with Crippen LogP contribution in [0, 0.1) is 6.92 Å². The van der Waals surface area contributed by atoms with Crippen molar-refractivity contribution in [2.75, 3.05) is 11.4 Å². The second-order valence-electron chi connectivity index (χ2n) is 7.90. The van der Waals surface area contributed by atoms with Crippen molar-refractivity contribution in [1.82, 2.24) is 14.8 Å². The SMILES string of the molecule is Cc1occc1-c1nnc(SC(C)C(=O)N2CCc3ccccc32)n1Cc1ccccc1. The van der Waals surface area contributed by atoms with Crippen LogP contribution in [0.4, 0.5) is 5.69 Å². The van der Waals surface area contributed by atoms with E-state index in [1.807, 2.05) is 61.2 Å². The van der Waals surface area contributed by atoms with Crippen LogP contribution in [0.1, 0.15) is 23.8 Å². The molecule has 0 radical (unpaired) electrons. The fourth-order valence-corrected chi connectivity index (χ4v) is 5.01. The van der Waals surface area contributed by atoms with E-state index in [1.165, 1.54) is 17.3 Å². The summed E-state index contributed by atoms with van der Waals surface area (Å²) in [5.74, 6) is 1.63. The number of aryl methyl sites for hydroxylation is 1. The number of anilines is 1. The predicted octanol–water partition coefficient (Wildman–Crippen LogP) is 4.96. The van der Waals surface area contributed by atoms with Crippen LogP contribution in [0.2, 0.25) is 0 Å². The number of hydrogen-bond donors (Lipinski definition) is 0. The van der Waals surface area contributed by atoms with Crippen molar-refractivity contribution >= 4 is 23.4 Å². The molecule has 3 heterocycles. The van der Waals surface area contributed by atoms with Gasteiger partial charge in [0.05, 0.1) is 23.6 Å². The van der Waals surface area contributed by atoms with Crippen molar-refractivity contribution in [1.29, 1.82) is 0 Å². The number of thioether (sulfide) groups is 1. The lowest BCUT2D eigenvalue weighted by atomic mass is 10.2. The molecule has 0 spiro atoms. The minimum absolute atomic E-state index is 0.0928. The Balaban J connectivity index is 1.44. The number of carbonyl (C=O) groups is 1. The summed E-state index contributed by atoms with van der Waals surface area (Å²) in [7, 11) is 0. The van der Waals surface area contributed by atoms with Gasteiger partial charge < -0.3 is 9.32 Å². The molecule has 32 heavy (non-hydrogen) atoms. The average molecular weight is 445 g/mol. The van der Waals surface area contributed by atoms with Crippen molar-refractivity contribution in [2.24, 2.45) is 0 Å². The van der Waals surface area contributed by atoms with E-state index in [1.54, 1.807) is 6.26 Å². The molecule has 1 aliphatic rings. The number of carbonyl (C=O) groups excluding carboxylic acids is 1. The second-order valence-corrected chi connectivity index (χ2v) is 9.21. The molecule has 162 valence electrons. The zero-order valence-corrected chi connectivity index (χ0v) is 18.9. The topological polar surface area (TPSA) is 64.2 Å². The van der Waals surface area contributed by atoms with Gasteiger partial charge in [-0.15, -0.1) is 10.2 Å². The van der Waals surface area contributed by atoms with Gasteiger partial charge in [-0.1, -0.05) is 60.3 Å². The van der Waals surface area contributed by atoms with E-state index in [0.29, 0.717) is 6.54 Å². The summed E-state index contributed by atoms with van der Waals surface area (Å²) in [5.41, 5.74) is 4.30. The molecule has 1 unspecified atom stereocenters. The number of rotatable bonds is 6. The molecule has 6 nitrogen and oxygen atoms in total. The Bertz CT molecular complexity index is 1250. The first-order valence-corrected chi connectivity index (χ1v) is 11.6. The maximum Gasteiger partial charge on any atom is 0.240 e. The summed E-state index contributed by atoms with van der Waals surface area (Å²) in [4.78, 5) is 15.2. The van der Waals surface area contributed by atoms with Gasteiger partial charge in [0.15, 0.2) is 11.0 Å². The first-order valence-electron chi connectivity index (χ1n) is 10.7. The zero-order chi connectivity index (χ0) is 22.1. The van der Waals surface area contributed by atoms with Crippen molar-refractivity contribution in [3.05, 3.63) is 83.8 Å². The Morgan fingerprint density at radius 2 is 1.88 bits per heavy atom. The van der Waals surface area contributed by atoms with E-state index < -0.39 is 0 Å². The Morgan fingerprint density at radius 1 is 1.09 bits per heavy atom. The maximum atomic E-state index is 13.3. The Labute approximate surface area is 191 Å². The highest BCUT2D eigenvalue weighted by molar-refractivity contribution is 8.00. The van der Waals surface area contributed by atoms with Crippen molar-refractivity contribution in [3.63, 3.8) is 0 Å². The van der Waals surface area contributed by atoms with Crippen LogP contribution in [0.5, 0.6) is 0 Å². The average Bonchev–Trinajstić information content (AvgIpc) is 3.53. The van der Waals surface area contributed by atoms with Gasteiger partial charge in [0, 0.05) is 12.2 Å². The Kier molecular flexibility index (Phi) is 5.57. The van der Waals surface area contributed by atoms with Gasteiger partial charge in [0.25, 0.3) is 0 Å². The molecule has 1 atom stereocenters. The first kappa shape index (κ1) is 20.6. The van der Waals surface area contributed by atoms with Crippen LogP contribution in [-0.2, 0) is 17.8 Å². The molecular weight excluding hydrogens is 420 g/mol. The molecule has 2 aromatic heterocycles. The molecular formula is C25H24N4O2S. The summed E-state index contributed by atoms with van der Waals surface area (Å²) >= 11 is 1.45. The molecule has 0 saturated heterocycles. The number of benzene rings is 2. The summed E-state index contributed by atoms with van der Waals surface area (Å²) in [5, 5.41) is 9.36. The molecule has 4 aromatic rings. The van der Waals surface area contributed by atoms with Crippen LogP contribution in [0.15, 0.2) is 76.5 Å². The molecule has 1 amide bonds. The molecule has 0 fully saturated rings. The predicted molar refractivity (Wildman–Crippen MR) is 126 cm³/mol. The van der Waals surface area contributed by atoms with Crippen LogP contribution >= 0.6 is 11.8 Å². The molecule has 5 rings (SSSR count). The summed E-state index contributed by atoms with van der Waals surface area (Å²) in [6, 6.07) is 20.2. The highest BCUT2D eigenvalue weighted by atomic mass is 32.2. The van der Waals surface area contributed by atoms with Crippen LogP contribution < -0.4 is 4.90 Å². The van der Waals surface area contributed by atoms with Gasteiger partial charge in [0.2, 0.25) is 5.91 Å². The van der Waals surface area contributed by atoms with Gasteiger partial charge in [-0.25, -0.2) is 0 Å². The summed E-state index contributed by atoms with van der Waals surface area (Å²) in [6.07, 6.45) is 2.56. The number of hydrogen-bond acceptors (Lipinski definition) is 5. The minimum Gasteiger partial charge on any atom is -0.469 e. The summed E-state index contributed by atoms with van der Waals surface area (Å²) in [6.45, 7) is 5.20. The number of para-hydroxylation sites is 1. The number of nitrogens with zero attached hydrogens (tertiary/aromatic N) is 4. The molecule has 2 aromatic carbocycles. The van der Waals surface area contributed by atoms with Crippen molar-refractivity contribution in [2.45, 2.75) is 37.2 Å². The number of aromatic nitrogens is 3. The molecule has 0 aliphatic carbocycles. The van der Waals surface area contributed by atoms with Crippen LogP contribution in [0.3, 0.4) is 0 Å². The smallest absolute Gasteiger partial charge is 0.240 e. The lowest BCUT2D eigenvalue weighted by Crippen LogP contribution is -2.35. The van der Waals surface area contributed by atoms with Gasteiger partial charge in [-0.3, -0.25) is 9.36 Å². The number of fused-ring (bicyclic) bond motifs is 1. The van der Waals surface area contributed by atoms with Crippen molar-refractivity contribution < 1.29 is 9.21 Å². The quantitative estimate of drug-likeness (QED) is 0.393. The molecule has 0 bridgehead atoms. The van der Waals surface area contributed by atoms with Gasteiger partial charge >= 0.3 is 0 Å². The third kappa shape index (κ3) is 3.84. The largest absolute Gasteiger partial charge is 0.469 e. The molecule has 7 heteroatoms. The van der Waals surface area contributed by atoms with E-state index in [9.17, 15) is 4.79 Å². The van der Waals surface area contributed by atoms with Gasteiger partial charge in [-0.05, 0) is 43.5 Å². The van der Waals surface area contributed by atoms with E-state index in [2.05, 4.69) is 33.0 Å². The van der Waals surface area contributed by atoms with Crippen LogP contribution in [-0.4, -0.2) is 32.5 Å².